The number of rotatable bonds is 8. The first-order chi connectivity index (χ1) is 14.5. The first kappa shape index (κ1) is 21.9. The Morgan fingerprint density at radius 3 is 2.27 bits per heavy atom. The number of carbonyl (C=O) groups excluding carboxylic acids is 3. The van der Waals surface area contributed by atoms with E-state index in [4.69, 9.17) is 18.9 Å². The molecule has 2 aliphatic rings. The number of hydrazine groups is 1. The molecule has 0 aliphatic carbocycles. The Morgan fingerprint density at radius 2 is 1.70 bits per heavy atom. The van der Waals surface area contributed by atoms with Crippen molar-refractivity contribution in [1.82, 2.24) is 10.0 Å². The molecular weight excluding hydrogens is 392 g/mol. The van der Waals surface area contributed by atoms with Crippen LogP contribution in [0.4, 0.5) is 0 Å². The van der Waals surface area contributed by atoms with Gasteiger partial charge < -0.3 is 18.9 Å². The highest BCUT2D eigenvalue weighted by atomic mass is 16.6. The van der Waals surface area contributed by atoms with Crippen molar-refractivity contribution >= 4 is 17.8 Å². The molecule has 0 radical (unpaired) electrons. The standard InChI is InChI=1S/C21H28N2O7/c1-5-29-20(25)18(21(26)30-6-2)19-14(12-22-10-9-17(24)23(19)22)13-7-8-15(27-3)16(11-13)28-4/h7-8,11,14,18-19H,5-6,9-10,12H2,1-4H3. The summed E-state index contributed by atoms with van der Waals surface area (Å²) >= 11 is 0. The monoisotopic (exact) mass is 420 g/mol. The number of amides is 1. The van der Waals surface area contributed by atoms with Gasteiger partial charge in [0.1, 0.15) is 0 Å². The van der Waals surface area contributed by atoms with Crippen LogP contribution in [-0.4, -0.2) is 74.4 Å². The fourth-order valence-electron chi connectivity index (χ4n) is 4.24. The third-order valence-electron chi connectivity index (χ3n) is 5.50. The van der Waals surface area contributed by atoms with Gasteiger partial charge in [-0.25, -0.2) is 5.01 Å². The Morgan fingerprint density at radius 1 is 1.07 bits per heavy atom. The molecule has 0 aromatic heterocycles. The summed E-state index contributed by atoms with van der Waals surface area (Å²) in [5.41, 5.74) is 0.832. The quantitative estimate of drug-likeness (QED) is 0.460. The van der Waals surface area contributed by atoms with Gasteiger partial charge in [-0.1, -0.05) is 6.07 Å². The molecular formula is C21H28N2O7. The first-order valence-electron chi connectivity index (χ1n) is 10.1. The molecule has 2 heterocycles. The molecule has 0 spiro atoms. The number of fused-ring (bicyclic) bond motifs is 1. The third-order valence-corrected chi connectivity index (χ3v) is 5.50. The zero-order chi connectivity index (χ0) is 21.8. The van der Waals surface area contributed by atoms with Crippen LogP contribution in [0, 0.1) is 5.92 Å². The number of nitrogens with zero attached hydrogens (tertiary/aromatic N) is 2. The number of esters is 2. The molecule has 2 unspecified atom stereocenters. The highest BCUT2D eigenvalue weighted by Crippen LogP contribution is 2.42. The molecule has 0 bridgehead atoms. The van der Waals surface area contributed by atoms with Gasteiger partial charge in [-0.2, -0.15) is 0 Å². The second-order valence-corrected chi connectivity index (χ2v) is 7.09. The van der Waals surface area contributed by atoms with Crippen LogP contribution in [0.5, 0.6) is 11.5 Å². The number of carbonyl (C=O) groups is 3. The molecule has 1 aromatic carbocycles. The summed E-state index contributed by atoms with van der Waals surface area (Å²) in [6.07, 6.45) is 0.341. The Hall–Kier alpha value is -2.81. The molecule has 2 saturated heterocycles. The van der Waals surface area contributed by atoms with Crippen LogP contribution in [0.1, 0.15) is 31.7 Å². The van der Waals surface area contributed by atoms with Crippen LogP contribution in [0.15, 0.2) is 18.2 Å². The maximum Gasteiger partial charge on any atom is 0.322 e. The van der Waals surface area contributed by atoms with Crippen molar-refractivity contribution in [1.29, 1.82) is 0 Å². The predicted octanol–water partition coefficient (Wildman–Crippen LogP) is 1.36. The maximum absolute atomic E-state index is 12.8. The number of ether oxygens (including phenoxy) is 4. The molecule has 1 amide bonds. The van der Waals surface area contributed by atoms with E-state index in [1.165, 1.54) is 0 Å². The second-order valence-electron chi connectivity index (χ2n) is 7.09. The van der Waals surface area contributed by atoms with Gasteiger partial charge in [-0.3, -0.25) is 19.4 Å². The minimum Gasteiger partial charge on any atom is -0.493 e. The third kappa shape index (κ3) is 3.94. The molecule has 2 aliphatic heterocycles. The first-order valence-corrected chi connectivity index (χ1v) is 10.1. The van der Waals surface area contributed by atoms with E-state index in [9.17, 15) is 14.4 Å². The molecule has 2 atom stereocenters. The van der Waals surface area contributed by atoms with Crippen molar-refractivity contribution in [3.63, 3.8) is 0 Å². The molecule has 0 saturated carbocycles. The molecule has 164 valence electrons. The van der Waals surface area contributed by atoms with Crippen LogP contribution < -0.4 is 9.47 Å². The van der Waals surface area contributed by atoms with E-state index >= 15 is 0 Å². The van der Waals surface area contributed by atoms with Crippen LogP contribution in [0.2, 0.25) is 0 Å². The fourth-order valence-corrected chi connectivity index (χ4v) is 4.24. The second kappa shape index (κ2) is 9.34. The molecule has 2 fully saturated rings. The van der Waals surface area contributed by atoms with Crippen molar-refractivity contribution in [2.45, 2.75) is 32.2 Å². The predicted molar refractivity (Wildman–Crippen MR) is 106 cm³/mol. The Bertz CT molecular complexity index is 795. The van der Waals surface area contributed by atoms with Crippen LogP contribution >= 0.6 is 0 Å². The average molecular weight is 420 g/mol. The van der Waals surface area contributed by atoms with E-state index < -0.39 is 23.9 Å². The van der Waals surface area contributed by atoms with Crippen molar-refractivity contribution in [2.24, 2.45) is 5.92 Å². The summed E-state index contributed by atoms with van der Waals surface area (Å²) < 4.78 is 21.1. The molecule has 1 aromatic rings. The van der Waals surface area contributed by atoms with Crippen molar-refractivity contribution in [3.05, 3.63) is 23.8 Å². The van der Waals surface area contributed by atoms with Gasteiger partial charge in [-0.05, 0) is 31.5 Å². The number of hydrogen-bond donors (Lipinski definition) is 0. The number of methoxy groups -OCH3 is 2. The number of benzene rings is 1. The summed E-state index contributed by atoms with van der Waals surface area (Å²) in [4.78, 5) is 38.3. The summed E-state index contributed by atoms with van der Waals surface area (Å²) in [7, 11) is 3.09. The summed E-state index contributed by atoms with van der Waals surface area (Å²) in [5.74, 6) is -1.95. The van der Waals surface area contributed by atoms with Crippen molar-refractivity contribution in [2.75, 3.05) is 40.5 Å². The average Bonchev–Trinajstić information content (AvgIpc) is 3.28. The normalized spacial score (nSPS) is 21.0. The van der Waals surface area contributed by atoms with Gasteiger partial charge in [-0.15, -0.1) is 0 Å². The molecule has 9 heteroatoms. The zero-order valence-corrected chi connectivity index (χ0v) is 17.8. The Labute approximate surface area is 175 Å². The van der Waals surface area contributed by atoms with E-state index in [2.05, 4.69) is 0 Å². The summed E-state index contributed by atoms with van der Waals surface area (Å²) in [6, 6.07) is 4.71. The maximum atomic E-state index is 12.8. The lowest BCUT2D eigenvalue weighted by Gasteiger charge is -2.31. The Kier molecular flexibility index (Phi) is 6.81. The minimum absolute atomic E-state index is 0.124. The molecule has 30 heavy (non-hydrogen) atoms. The van der Waals surface area contributed by atoms with E-state index in [1.54, 1.807) is 39.1 Å². The van der Waals surface area contributed by atoms with E-state index in [1.807, 2.05) is 17.1 Å². The van der Waals surface area contributed by atoms with Crippen molar-refractivity contribution in [3.8, 4) is 11.5 Å². The SMILES string of the molecule is CCOC(=O)C(C(=O)OCC)C1C(c2ccc(OC)c(OC)c2)CN2CCC(=O)N12. The number of hydrogen-bond acceptors (Lipinski definition) is 8. The molecule has 9 nitrogen and oxygen atoms in total. The van der Waals surface area contributed by atoms with Crippen LogP contribution in [0.3, 0.4) is 0 Å². The Balaban J connectivity index is 2.06. The molecule has 3 rings (SSSR count). The lowest BCUT2D eigenvalue weighted by Crippen LogP contribution is -2.49. The van der Waals surface area contributed by atoms with E-state index in [0.29, 0.717) is 31.0 Å². The lowest BCUT2D eigenvalue weighted by molar-refractivity contribution is -0.167. The van der Waals surface area contributed by atoms with Gasteiger partial charge in [0, 0.05) is 25.4 Å². The fraction of sp³-hybridized carbons (Fsp3) is 0.571. The zero-order valence-electron chi connectivity index (χ0n) is 17.8. The lowest BCUT2D eigenvalue weighted by atomic mass is 9.83. The van der Waals surface area contributed by atoms with Gasteiger partial charge in [0.05, 0.1) is 33.5 Å². The van der Waals surface area contributed by atoms with Gasteiger partial charge in [0.25, 0.3) is 0 Å². The van der Waals surface area contributed by atoms with Crippen LogP contribution in [-0.2, 0) is 23.9 Å². The van der Waals surface area contributed by atoms with Gasteiger partial charge >= 0.3 is 11.9 Å². The highest BCUT2D eigenvalue weighted by molar-refractivity contribution is 5.97. The van der Waals surface area contributed by atoms with E-state index in [0.717, 1.165) is 5.56 Å². The topological polar surface area (TPSA) is 94.6 Å². The highest BCUT2D eigenvalue weighted by Gasteiger charge is 2.55. The van der Waals surface area contributed by atoms with Crippen molar-refractivity contribution < 1.29 is 33.3 Å². The molecule has 0 N–H and O–H groups in total. The minimum atomic E-state index is -1.24. The van der Waals surface area contributed by atoms with Gasteiger partial charge in [0.15, 0.2) is 17.4 Å². The van der Waals surface area contributed by atoms with Gasteiger partial charge in [0.2, 0.25) is 5.91 Å². The smallest absolute Gasteiger partial charge is 0.322 e. The van der Waals surface area contributed by atoms with E-state index in [-0.39, 0.29) is 25.0 Å². The summed E-state index contributed by atoms with van der Waals surface area (Å²) in [6.45, 7) is 4.63. The van der Waals surface area contributed by atoms with Crippen LogP contribution in [0.25, 0.3) is 0 Å². The largest absolute Gasteiger partial charge is 0.493 e. The summed E-state index contributed by atoms with van der Waals surface area (Å²) in [5, 5.41) is 3.43.